The third-order valence-electron chi connectivity index (χ3n) is 2.76. The van der Waals surface area contributed by atoms with Crippen LogP contribution in [0.2, 0.25) is 0 Å². The molecule has 0 unspecified atom stereocenters. The molecule has 0 saturated carbocycles. The molecule has 3 aromatic heterocycles. The van der Waals surface area contributed by atoms with Gasteiger partial charge in [0.25, 0.3) is 0 Å². The number of rotatable bonds is 3. The van der Waals surface area contributed by atoms with Crippen molar-refractivity contribution in [2.75, 3.05) is 0 Å². The highest BCUT2D eigenvalue weighted by molar-refractivity contribution is 5.35. The Morgan fingerprint density at radius 1 is 1.37 bits per heavy atom. The minimum atomic E-state index is -0.216. The number of nitrogens with zero attached hydrogens (tertiary/aromatic N) is 5. The maximum Gasteiger partial charge on any atom is 0.350 e. The van der Waals surface area contributed by atoms with Crippen molar-refractivity contribution in [3.05, 3.63) is 46.6 Å². The van der Waals surface area contributed by atoms with Crippen molar-refractivity contribution in [2.45, 2.75) is 26.3 Å². The van der Waals surface area contributed by atoms with E-state index < -0.39 is 0 Å². The summed E-state index contributed by atoms with van der Waals surface area (Å²) < 4.78 is 7.90. The van der Waals surface area contributed by atoms with Gasteiger partial charge in [-0.2, -0.15) is 4.98 Å². The maximum atomic E-state index is 12.1. The molecule has 0 aliphatic rings. The zero-order chi connectivity index (χ0) is 13.4. The van der Waals surface area contributed by atoms with E-state index in [2.05, 4.69) is 15.2 Å². The van der Waals surface area contributed by atoms with Crippen LogP contribution in [-0.2, 0) is 6.54 Å². The first-order chi connectivity index (χ1) is 9.15. The lowest BCUT2D eigenvalue weighted by atomic mass is 10.2. The second-order valence-electron chi connectivity index (χ2n) is 4.57. The van der Waals surface area contributed by atoms with Gasteiger partial charge in [-0.3, -0.25) is 4.40 Å². The summed E-state index contributed by atoms with van der Waals surface area (Å²) in [5.41, 5.74) is 0.381. The Balaban J connectivity index is 1.96. The fourth-order valence-corrected chi connectivity index (χ4v) is 1.77. The van der Waals surface area contributed by atoms with Crippen molar-refractivity contribution in [1.82, 2.24) is 24.3 Å². The summed E-state index contributed by atoms with van der Waals surface area (Å²) in [4.78, 5) is 16.3. The van der Waals surface area contributed by atoms with Gasteiger partial charge in [-0.15, -0.1) is 5.10 Å². The summed E-state index contributed by atoms with van der Waals surface area (Å²) >= 11 is 0. The predicted octanol–water partition coefficient (Wildman–Crippen LogP) is 1.05. The molecule has 0 amide bonds. The van der Waals surface area contributed by atoms with E-state index in [1.165, 1.54) is 9.08 Å². The third kappa shape index (κ3) is 2.03. The molecule has 0 radical (unpaired) electrons. The highest BCUT2D eigenvalue weighted by atomic mass is 16.5. The van der Waals surface area contributed by atoms with Gasteiger partial charge in [-0.05, 0) is 12.1 Å². The Morgan fingerprint density at radius 2 is 2.21 bits per heavy atom. The van der Waals surface area contributed by atoms with Crippen LogP contribution in [0.15, 0.2) is 33.7 Å². The van der Waals surface area contributed by atoms with Crippen molar-refractivity contribution >= 4 is 5.65 Å². The number of pyridine rings is 1. The molecule has 7 nitrogen and oxygen atoms in total. The molecule has 3 rings (SSSR count). The zero-order valence-corrected chi connectivity index (χ0v) is 10.6. The smallest absolute Gasteiger partial charge is 0.339 e. The first-order valence-corrected chi connectivity index (χ1v) is 6.02. The van der Waals surface area contributed by atoms with Crippen LogP contribution in [-0.4, -0.2) is 24.3 Å². The van der Waals surface area contributed by atoms with E-state index in [-0.39, 0.29) is 18.2 Å². The summed E-state index contributed by atoms with van der Waals surface area (Å²) in [5.74, 6) is 1.18. The Morgan fingerprint density at radius 3 is 2.89 bits per heavy atom. The van der Waals surface area contributed by atoms with Crippen molar-refractivity contribution in [2.24, 2.45) is 0 Å². The first-order valence-electron chi connectivity index (χ1n) is 6.02. The molecule has 3 aromatic rings. The molecule has 0 spiro atoms. The minimum Gasteiger partial charge on any atom is -0.339 e. The molecule has 0 N–H and O–H groups in total. The van der Waals surface area contributed by atoms with Gasteiger partial charge in [0.15, 0.2) is 11.5 Å². The highest BCUT2D eigenvalue weighted by Gasteiger charge is 2.13. The lowest BCUT2D eigenvalue weighted by molar-refractivity contribution is 0.359. The van der Waals surface area contributed by atoms with E-state index in [1.807, 2.05) is 19.9 Å². The minimum absolute atomic E-state index is 0.166. The molecule has 0 saturated heterocycles. The molecular weight excluding hydrogens is 246 g/mol. The molecule has 98 valence electrons. The van der Waals surface area contributed by atoms with Crippen molar-refractivity contribution in [1.29, 1.82) is 0 Å². The fourth-order valence-electron chi connectivity index (χ4n) is 1.77. The molecule has 0 atom stereocenters. The Labute approximate surface area is 108 Å². The van der Waals surface area contributed by atoms with Gasteiger partial charge >= 0.3 is 5.69 Å². The van der Waals surface area contributed by atoms with Crippen molar-refractivity contribution < 1.29 is 4.52 Å². The van der Waals surface area contributed by atoms with Gasteiger partial charge in [0, 0.05) is 12.1 Å². The van der Waals surface area contributed by atoms with Gasteiger partial charge in [-0.1, -0.05) is 25.1 Å². The van der Waals surface area contributed by atoms with Gasteiger partial charge in [-0.25, -0.2) is 9.48 Å². The molecule has 0 aliphatic carbocycles. The van der Waals surface area contributed by atoms with Crippen LogP contribution in [0.3, 0.4) is 0 Å². The SMILES string of the molecule is CC(C)c1nc(Cn2nc3ccccn3c2=O)no1. The van der Waals surface area contributed by atoms with Crippen LogP contribution in [0.4, 0.5) is 0 Å². The number of hydrogen-bond donors (Lipinski definition) is 0. The normalized spacial score (nSPS) is 11.5. The Bertz CT molecular complexity index is 768. The summed E-state index contributed by atoms with van der Waals surface area (Å²) in [7, 11) is 0. The number of hydrogen-bond acceptors (Lipinski definition) is 5. The second-order valence-corrected chi connectivity index (χ2v) is 4.57. The van der Waals surface area contributed by atoms with Gasteiger partial charge in [0.05, 0.1) is 0 Å². The molecule has 0 fully saturated rings. The Hall–Kier alpha value is -2.44. The largest absolute Gasteiger partial charge is 0.350 e. The molecular formula is C12H13N5O2. The van der Waals surface area contributed by atoms with E-state index in [0.717, 1.165) is 0 Å². The summed E-state index contributed by atoms with van der Waals surface area (Å²) in [5, 5.41) is 8.06. The van der Waals surface area contributed by atoms with Crippen LogP contribution in [0.1, 0.15) is 31.5 Å². The van der Waals surface area contributed by atoms with Crippen LogP contribution < -0.4 is 5.69 Å². The molecule has 0 bridgehead atoms. The van der Waals surface area contributed by atoms with Crippen LogP contribution in [0, 0.1) is 0 Å². The molecule has 7 heteroatoms. The third-order valence-corrected chi connectivity index (χ3v) is 2.76. The standard InChI is InChI=1S/C12H13N5O2/c1-8(2)11-13-9(15-19-11)7-17-12(18)16-6-4-3-5-10(16)14-17/h3-6,8H,7H2,1-2H3. The van der Waals surface area contributed by atoms with E-state index in [9.17, 15) is 4.79 Å². The lowest BCUT2D eigenvalue weighted by Crippen LogP contribution is -2.22. The highest BCUT2D eigenvalue weighted by Crippen LogP contribution is 2.11. The number of aromatic nitrogens is 5. The van der Waals surface area contributed by atoms with Gasteiger partial charge < -0.3 is 4.52 Å². The monoisotopic (exact) mass is 259 g/mol. The summed E-state index contributed by atoms with van der Waals surface area (Å²) in [6.07, 6.45) is 1.68. The van der Waals surface area contributed by atoms with Crippen LogP contribution in [0.5, 0.6) is 0 Å². The number of fused-ring (bicyclic) bond motifs is 1. The van der Waals surface area contributed by atoms with Crippen LogP contribution in [0.25, 0.3) is 5.65 Å². The predicted molar refractivity (Wildman–Crippen MR) is 66.9 cm³/mol. The second kappa shape index (κ2) is 4.34. The summed E-state index contributed by atoms with van der Waals surface area (Å²) in [6, 6.07) is 5.39. The van der Waals surface area contributed by atoms with E-state index in [4.69, 9.17) is 4.52 Å². The van der Waals surface area contributed by atoms with Crippen LogP contribution >= 0.6 is 0 Å². The fraction of sp³-hybridized carbons (Fsp3) is 0.333. The summed E-state index contributed by atoms with van der Waals surface area (Å²) in [6.45, 7) is 4.14. The molecule has 0 aromatic carbocycles. The topological polar surface area (TPSA) is 78.2 Å². The lowest BCUT2D eigenvalue weighted by Gasteiger charge is -1.93. The molecule has 3 heterocycles. The van der Waals surface area contributed by atoms with Crippen molar-refractivity contribution in [3.63, 3.8) is 0 Å². The van der Waals surface area contributed by atoms with Gasteiger partial charge in [0.1, 0.15) is 6.54 Å². The molecule has 0 aliphatic heterocycles. The quantitative estimate of drug-likeness (QED) is 0.702. The Kier molecular flexibility index (Phi) is 2.66. The van der Waals surface area contributed by atoms with Crippen molar-refractivity contribution in [3.8, 4) is 0 Å². The van der Waals surface area contributed by atoms with E-state index in [1.54, 1.807) is 18.3 Å². The first kappa shape index (κ1) is 11.6. The zero-order valence-electron chi connectivity index (χ0n) is 10.6. The van der Waals surface area contributed by atoms with E-state index in [0.29, 0.717) is 17.4 Å². The van der Waals surface area contributed by atoms with E-state index >= 15 is 0 Å². The average Bonchev–Trinajstić information content (AvgIpc) is 2.97. The van der Waals surface area contributed by atoms with Gasteiger partial charge in [0.2, 0.25) is 5.89 Å². The average molecular weight is 259 g/mol. The molecule has 19 heavy (non-hydrogen) atoms. The maximum absolute atomic E-state index is 12.1.